The van der Waals surface area contributed by atoms with Gasteiger partial charge in [-0.3, -0.25) is 0 Å². The standard InChI is InChI=1S/C64H55N/c1-63(2)58-24-14-13-22-53(58)54-36-30-48(40-60(54)63)52-23-15-25-59-62(52)55-37-35-51(41-61(55)64(59,3)4)65(49-31-26-43(27-32-49)42-16-7-5-8-17-42)50-33-28-45(29-34-50)57-39-47-21-12-11-20-46(47)38-56(57)44-18-9-6-10-19-44/h6,9-15,18-42H,5,7-8,16-17H2,1-4H3. The van der Waals surface area contributed by atoms with Crippen molar-refractivity contribution in [1.82, 2.24) is 0 Å². The molecule has 1 fully saturated rings. The first-order valence-electron chi connectivity index (χ1n) is 23.9. The fraction of sp³-hybridized carbons (Fsp3) is 0.188. The normalized spacial score (nSPS) is 15.6. The minimum atomic E-state index is -0.187. The molecule has 0 aliphatic heterocycles. The SMILES string of the molecule is CC1(C)c2ccccc2-c2ccc(-c3cccc4c3-c3ccc(N(c5ccc(-c6cc7ccccc7cc6-c6ccccc6)cc5)c5ccc(C6CCCCC6)cc5)cc3C4(C)C)cc21. The first kappa shape index (κ1) is 39.6. The molecular formula is C64H55N. The van der Waals surface area contributed by atoms with Crippen LogP contribution in [0.5, 0.6) is 0 Å². The van der Waals surface area contributed by atoms with Gasteiger partial charge < -0.3 is 4.90 Å². The number of fused-ring (bicyclic) bond motifs is 7. The van der Waals surface area contributed by atoms with Crippen LogP contribution in [0.4, 0.5) is 17.1 Å². The molecule has 1 nitrogen and oxygen atoms in total. The van der Waals surface area contributed by atoms with Crippen LogP contribution in [0.15, 0.2) is 194 Å². The first-order valence-corrected chi connectivity index (χ1v) is 23.9. The van der Waals surface area contributed by atoms with E-state index in [-0.39, 0.29) is 10.8 Å². The summed E-state index contributed by atoms with van der Waals surface area (Å²) in [4.78, 5) is 2.48. The third-order valence-corrected chi connectivity index (χ3v) is 15.5. The Labute approximate surface area is 385 Å². The average Bonchev–Trinajstić information content (AvgIpc) is 3.73. The highest BCUT2D eigenvalue weighted by atomic mass is 15.1. The Morgan fingerprint density at radius 2 is 0.877 bits per heavy atom. The van der Waals surface area contributed by atoms with Crippen molar-refractivity contribution in [3.05, 3.63) is 222 Å². The fourth-order valence-electron chi connectivity index (χ4n) is 11.9. The zero-order valence-corrected chi connectivity index (χ0v) is 38.0. The van der Waals surface area contributed by atoms with Crippen molar-refractivity contribution < 1.29 is 0 Å². The van der Waals surface area contributed by atoms with E-state index >= 15 is 0 Å². The highest BCUT2D eigenvalue weighted by Crippen LogP contribution is 2.55. The Morgan fingerprint density at radius 1 is 0.354 bits per heavy atom. The van der Waals surface area contributed by atoms with Gasteiger partial charge in [-0.15, -0.1) is 0 Å². The summed E-state index contributed by atoms with van der Waals surface area (Å²) < 4.78 is 0. The molecule has 0 saturated heterocycles. The van der Waals surface area contributed by atoms with Crippen molar-refractivity contribution in [3.8, 4) is 55.6 Å². The highest BCUT2D eigenvalue weighted by Gasteiger charge is 2.39. The Hall–Kier alpha value is -6.96. The fourth-order valence-corrected chi connectivity index (χ4v) is 11.9. The van der Waals surface area contributed by atoms with Crippen molar-refractivity contribution in [2.45, 2.75) is 76.5 Å². The van der Waals surface area contributed by atoms with Crippen molar-refractivity contribution in [1.29, 1.82) is 0 Å². The average molecular weight is 838 g/mol. The highest BCUT2D eigenvalue weighted by molar-refractivity contribution is 5.98. The van der Waals surface area contributed by atoms with E-state index in [1.165, 1.54) is 138 Å². The van der Waals surface area contributed by atoms with Crippen LogP contribution in [0.3, 0.4) is 0 Å². The Balaban J connectivity index is 0.966. The molecule has 0 atom stereocenters. The van der Waals surface area contributed by atoms with Crippen molar-refractivity contribution >= 4 is 27.8 Å². The molecule has 65 heavy (non-hydrogen) atoms. The predicted octanol–water partition coefficient (Wildman–Crippen LogP) is 18.0. The van der Waals surface area contributed by atoms with Gasteiger partial charge in [-0.1, -0.05) is 186 Å². The lowest BCUT2D eigenvalue weighted by molar-refractivity contribution is 0.443. The van der Waals surface area contributed by atoms with Gasteiger partial charge in [-0.25, -0.2) is 0 Å². The number of rotatable bonds is 7. The van der Waals surface area contributed by atoms with Crippen LogP contribution in [0.2, 0.25) is 0 Å². The number of nitrogens with zero attached hydrogens (tertiary/aromatic N) is 1. The van der Waals surface area contributed by atoms with E-state index in [4.69, 9.17) is 0 Å². The van der Waals surface area contributed by atoms with Crippen LogP contribution in [0.25, 0.3) is 66.4 Å². The molecule has 9 aromatic carbocycles. The van der Waals surface area contributed by atoms with Gasteiger partial charge in [-0.05, 0) is 168 Å². The predicted molar refractivity (Wildman–Crippen MR) is 276 cm³/mol. The van der Waals surface area contributed by atoms with Crippen LogP contribution in [0.1, 0.15) is 93.5 Å². The van der Waals surface area contributed by atoms with Crippen LogP contribution in [-0.4, -0.2) is 0 Å². The molecule has 0 unspecified atom stereocenters. The van der Waals surface area contributed by atoms with E-state index in [1.54, 1.807) is 0 Å². The molecule has 316 valence electrons. The Morgan fingerprint density at radius 3 is 1.60 bits per heavy atom. The van der Waals surface area contributed by atoms with Gasteiger partial charge in [0.1, 0.15) is 0 Å². The molecular weight excluding hydrogens is 783 g/mol. The summed E-state index contributed by atoms with van der Waals surface area (Å²) in [5, 5.41) is 2.51. The molecule has 0 heterocycles. The van der Waals surface area contributed by atoms with E-state index in [9.17, 15) is 0 Å². The molecule has 9 aromatic rings. The van der Waals surface area contributed by atoms with Gasteiger partial charge in [0.25, 0.3) is 0 Å². The summed E-state index contributed by atoms with van der Waals surface area (Å²) in [6.07, 6.45) is 6.63. The van der Waals surface area contributed by atoms with Gasteiger partial charge in [0.05, 0.1) is 0 Å². The molecule has 1 saturated carbocycles. The van der Waals surface area contributed by atoms with Crippen molar-refractivity contribution in [2.24, 2.45) is 0 Å². The first-order chi connectivity index (χ1) is 31.7. The monoisotopic (exact) mass is 837 g/mol. The minimum Gasteiger partial charge on any atom is -0.310 e. The van der Waals surface area contributed by atoms with Gasteiger partial charge in [0.15, 0.2) is 0 Å². The molecule has 0 radical (unpaired) electrons. The maximum Gasteiger partial charge on any atom is 0.0465 e. The molecule has 3 aliphatic carbocycles. The molecule has 0 bridgehead atoms. The topological polar surface area (TPSA) is 3.24 Å². The van der Waals surface area contributed by atoms with Crippen LogP contribution < -0.4 is 4.90 Å². The second kappa shape index (κ2) is 15.3. The maximum atomic E-state index is 2.49. The summed E-state index contributed by atoms with van der Waals surface area (Å²) in [6.45, 7) is 9.59. The lowest BCUT2D eigenvalue weighted by Crippen LogP contribution is -2.16. The summed E-state index contributed by atoms with van der Waals surface area (Å²) in [7, 11) is 0. The molecule has 12 rings (SSSR count). The zero-order chi connectivity index (χ0) is 43.9. The van der Waals surface area contributed by atoms with Gasteiger partial charge >= 0.3 is 0 Å². The van der Waals surface area contributed by atoms with E-state index in [0.29, 0.717) is 5.92 Å². The summed E-state index contributed by atoms with van der Waals surface area (Å²) in [6, 6.07) is 73.5. The quantitative estimate of drug-likeness (QED) is 0.155. The van der Waals surface area contributed by atoms with E-state index < -0.39 is 0 Å². The van der Waals surface area contributed by atoms with Crippen LogP contribution in [0, 0.1) is 0 Å². The minimum absolute atomic E-state index is 0.0537. The third-order valence-electron chi connectivity index (χ3n) is 15.5. The van der Waals surface area contributed by atoms with Gasteiger partial charge in [-0.2, -0.15) is 0 Å². The third kappa shape index (κ3) is 6.50. The smallest absolute Gasteiger partial charge is 0.0465 e. The Kier molecular flexibility index (Phi) is 9.35. The zero-order valence-electron chi connectivity index (χ0n) is 38.0. The number of hydrogen-bond donors (Lipinski definition) is 0. The molecule has 1 heteroatoms. The van der Waals surface area contributed by atoms with Crippen LogP contribution in [-0.2, 0) is 10.8 Å². The van der Waals surface area contributed by atoms with Crippen molar-refractivity contribution in [3.63, 3.8) is 0 Å². The van der Waals surface area contributed by atoms with Crippen LogP contribution >= 0.6 is 0 Å². The number of benzene rings is 9. The molecule has 3 aliphatic rings. The molecule has 0 amide bonds. The summed E-state index contributed by atoms with van der Waals surface area (Å²) >= 11 is 0. The van der Waals surface area contributed by atoms with E-state index in [0.717, 1.165) is 5.69 Å². The van der Waals surface area contributed by atoms with E-state index in [1.807, 2.05) is 0 Å². The number of anilines is 3. The maximum absolute atomic E-state index is 2.49. The lowest BCUT2D eigenvalue weighted by Gasteiger charge is -2.29. The lowest BCUT2D eigenvalue weighted by atomic mass is 9.80. The van der Waals surface area contributed by atoms with E-state index in [2.05, 4.69) is 227 Å². The van der Waals surface area contributed by atoms with Gasteiger partial charge in [0.2, 0.25) is 0 Å². The Bertz CT molecular complexity index is 3270. The number of hydrogen-bond acceptors (Lipinski definition) is 1. The summed E-state index contributed by atoms with van der Waals surface area (Å²) in [5.41, 5.74) is 23.3. The largest absolute Gasteiger partial charge is 0.310 e. The molecule has 0 spiro atoms. The second-order valence-electron chi connectivity index (χ2n) is 19.9. The van der Waals surface area contributed by atoms with Gasteiger partial charge in [0, 0.05) is 27.9 Å². The summed E-state index contributed by atoms with van der Waals surface area (Å²) in [5.74, 6) is 0.659. The molecule has 0 N–H and O–H groups in total. The molecule has 0 aromatic heterocycles. The second-order valence-corrected chi connectivity index (χ2v) is 19.9. The van der Waals surface area contributed by atoms with Crippen molar-refractivity contribution in [2.75, 3.05) is 4.90 Å².